The quantitative estimate of drug-likeness (QED) is 0.790. The molecule has 110 valence electrons. The maximum absolute atomic E-state index is 12.0. The van der Waals surface area contributed by atoms with E-state index >= 15 is 0 Å². The molecule has 0 saturated carbocycles. The third-order valence-electron chi connectivity index (χ3n) is 2.62. The van der Waals surface area contributed by atoms with E-state index in [-0.39, 0.29) is 25.0 Å². The van der Waals surface area contributed by atoms with E-state index < -0.39 is 0 Å². The van der Waals surface area contributed by atoms with Crippen LogP contribution < -0.4 is 10.6 Å². The van der Waals surface area contributed by atoms with Gasteiger partial charge in [-0.15, -0.1) is 11.3 Å². The summed E-state index contributed by atoms with van der Waals surface area (Å²) in [4.78, 5) is 24.3. The van der Waals surface area contributed by atoms with Crippen molar-refractivity contribution in [2.45, 2.75) is 0 Å². The van der Waals surface area contributed by atoms with Crippen molar-refractivity contribution in [2.75, 3.05) is 18.5 Å². The number of hydrogen-bond donors (Lipinski definition) is 3. The fourth-order valence-electron chi connectivity index (χ4n) is 1.63. The maximum atomic E-state index is 12.0. The Labute approximate surface area is 130 Å². The molecule has 2 rings (SSSR count). The number of anilines is 1. The van der Waals surface area contributed by atoms with E-state index in [0.29, 0.717) is 21.2 Å². The molecule has 1 heterocycles. The molecule has 0 bridgehead atoms. The summed E-state index contributed by atoms with van der Waals surface area (Å²) in [5, 5.41) is 16.0. The molecule has 0 aliphatic heterocycles. The van der Waals surface area contributed by atoms with Crippen LogP contribution in [0, 0.1) is 0 Å². The van der Waals surface area contributed by atoms with Crippen LogP contribution in [0.25, 0.3) is 0 Å². The zero-order valence-corrected chi connectivity index (χ0v) is 12.5. The second-order valence-electron chi connectivity index (χ2n) is 4.11. The van der Waals surface area contributed by atoms with Crippen molar-refractivity contribution in [3.05, 3.63) is 51.2 Å². The fraction of sp³-hybridized carbons (Fsp3) is 0.143. The molecule has 1 aromatic carbocycles. The molecule has 2 amide bonds. The molecule has 0 unspecified atom stereocenters. The topological polar surface area (TPSA) is 78.4 Å². The van der Waals surface area contributed by atoms with Gasteiger partial charge in [0.1, 0.15) is 0 Å². The summed E-state index contributed by atoms with van der Waals surface area (Å²) < 4.78 is 0. The van der Waals surface area contributed by atoms with E-state index in [2.05, 4.69) is 10.6 Å². The first-order chi connectivity index (χ1) is 10.1. The molecule has 0 spiro atoms. The lowest BCUT2D eigenvalue weighted by molar-refractivity contribution is 0.0943. The largest absolute Gasteiger partial charge is 0.395 e. The van der Waals surface area contributed by atoms with Crippen LogP contribution in [0.15, 0.2) is 35.7 Å². The number of aliphatic hydroxyl groups excluding tert-OH is 1. The Balaban J connectivity index is 2.15. The number of carbonyl (C=O) groups is 2. The van der Waals surface area contributed by atoms with Gasteiger partial charge in [-0.25, -0.2) is 0 Å². The number of halogens is 1. The number of nitrogens with one attached hydrogen (secondary N) is 2. The normalized spacial score (nSPS) is 10.2. The minimum atomic E-state index is -0.340. The average Bonchev–Trinajstić information content (AvgIpc) is 3.01. The second-order valence-corrected chi connectivity index (χ2v) is 5.46. The number of thiophene rings is 1. The zero-order valence-electron chi connectivity index (χ0n) is 10.9. The monoisotopic (exact) mass is 324 g/mol. The van der Waals surface area contributed by atoms with Crippen molar-refractivity contribution in [1.29, 1.82) is 0 Å². The van der Waals surface area contributed by atoms with Crippen LogP contribution in [-0.4, -0.2) is 30.1 Å². The smallest absolute Gasteiger partial charge is 0.265 e. The summed E-state index contributed by atoms with van der Waals surface area (Å²) in [6, 6.07) is 8.07. The van der Waals surface area contributed by atoms with Gasteiger partial charge in [0.05, 0.1) is 22.2 Å². The lowest BCUT2D eigenvalue weighted by Gasteiger charge is -2.09. The van der Waals surface area contributed by atoms with E-state index in [1.54, 1.807) is 29.6 Å². The molecular weight excluding hydrogens is 312 g/mol. The van der Waals surface area contributed by atoms with Crippen LogP contribution >= 0.6 is 22.9 Å². The van der Waals surface area contributed by atoms with Gasteiger partial charge in [0.25, 0.3) is 11.8 Å². The molecule has 0 aliphatic rings. The van der Waals surface area contributed by atoms with Gasteiger partial charge in [0.2, 0.25) is 0 Å². The number of aliphatic hydroxyl groups is 1. The Bertz CT molecular complexity index is 644. The van der Waals surface area contributed by atoms with Crippen molar-refractivity contribution in [3.8, 4) is 0 Å². The fourth-order valence-corrected chi connectivity index (χ4v) is 2.41. The highest BCUT2D eigenvalue weighted by atomic mass is 35.5. The zero-order chi connectivity index (χ0) is 15.2. The Morgan fingerprint density at radius 1 is 1.24 bits per heavy atom. The van der Waals surface area contributed by atoms with Gasteiger partial charge >= 0.3 is 0 Å². The summed E-state index contributed by atoms with van der Waals surface area (Å²) in [5.74, 6) is -0.618. The first kappa shape index (κ1) is 15.5. The van der Waals surface area contributed by atoms with Crippen LogP contribution in [-0.2, 0) is 0 Å². The number of carbonyl (C=O) groups excluding carboxylic acids is 2. The maximum Gasteiger partial charge on any atom is 0.265 e. The predicted octanol–water partition coefficient (Wildman–Crippen LogP) is 2.38. The van der Waals surface area contributed by atoms with E-state index in [1.807, 2.05) is 0 Å². The molecule has 0 aliphatic carbocycles. The first-order valence-corrected chi connectivity index (χ1v) is 7.41. The van der Waals surface area contributed by atoms with Gasteiger partial charge in [-0.1, -0.05) is 17.7 Å². The predicted molar refractivity (Wildman–Crippen MR) is 83.1 cm³/mol. The minimum absolute atomic E-state index is 0.138. The minimum Gasteiger partial charge on any atom is -0.395 e. The molecule has 3 N–H and O–H groups in total. The Kier molecular flexibility index (Phi) is 5.32. The van der Waals surface area contributed by atoms with Gasteiger partial charge < -0.3 is 15.7 Å². The summed E-state index contributed by atoms with van der Waals surface area (Å²) in [7, 11) is 0. The van der Waals surface area contributed by atoms with E-state index in [9.17, 15) is 9.59 Å². The van der Waals surface area contributed by atoms with Gasteiger partial charge in [0.15, 0.2) is 0 Å². The van der Waals surface area contributed by atoms with Crippen LogP contribution in [0.3, 0.4) is 0 Å². The number of amides is 2. The average molecular weight is 325 g/mol. The van der Waals surface area contributed by atoms with Crippen molar-refractivity contribution in [2.24, 2.45) is 0 Å². The molecule has 21 heavy (non-hydrogen) atoms. The molecular formula is C14H13ClN2O3S. The molecule has 0 saturated heterocycles. The highest BCUT2D eigenvalue weighted by Gasteiger charge is 2.12. The molecule has 7 heteroatoms. The molecule has 1 aromatic heterocycles. The summed E-state index contributed by atoms with van der Waals surface area (Å²) in [6.07, 6.45) is 0. The van der Waals surface area contributed by atoms with Gasteiger partial charge in [-0.3, -0.25) is 9.59 Å². The molecule has 0 radical (unpaired) electrons. The molecule has 2 aromatic rings. The standard InChI is InChI=1S/C14H13ClN2O3S/c15-10-4-3-9(13(19)16-5-6-18)8-11(10)17-14(20)12-2-1-7-21-12/h1-4,7-8,18H,5-6H2,(H,16,19)(H,17,20). The lowest BCUT2D eigenvalue weighted by atomic mass is 10.2. The van der Waals surface area contributed by atoms with Crippen molar-refractivity contribution in [1.82, 2.24) is 5.32 Å². The molecule has 0 atom stereocenters. The number of rotatable bonds is 5. The van der Waals surface area contributed by atoms with Crippen LogP contribution in [0.4, 0.5) is 5.69 Å². The molecule has 0 fully saturated rings. The van der Waals surface area contributed by atoms with Crippen molar-refractivity contribution in [3.63, 3.8) is 0 Å². The van der Waals surface area contributed by atoms with E-state index in [1.165, 1.54) is 17.4 Å². The third-order valence-corrected chi connectivity index (χ3v) is 3.82. The molecule has 5 nitrogen and oxygen atoms in total. The summed E-state index contributed by atoms with van der Waals surface area (Å²) in [6.45, 7) is 0.0274. The first-order valence-electron chi connectivity index (χ1n) is 6.15. The second kappa shape index (κ2) is 7.21. The Hall–Kier alpha value is -1.89. The Morgan fingerprint density at radius 3 is 2.71 bits per heavy atom. The van der Waals surface area contributed by atoms with Gasteiger partial charge in [0, 0.05) is 12.1 Å². The van der Waals surface area contributed by atoms with Crippen LogP contribution in [0.2, 0.25) is 5.02 Å². The van der Waals surface area contributed by atoms with Crippen molar-refractivity contribution < 1.29 is 14.7 Å². The number of hydrogen-bond acceptors (Lipinski definition) is 4. The van der Waals surface area contributed by atoms with Crippen LogP contribution in [0.1, 0.15) is 20.0 Å². The summed E-state index contributed by atoms with van der Waals surface area (Å²) >= 11 is 7.34. The van der Waals surface area contributed by atoms with Gasteiger partial charge in [-0.05, 0) is 29.6 Å². The van der Waals surface area contributed by atoms with E-state index in [4.69, 9.17) is 16.7 Å². The third kappa shape index (κ3) is 4.04. The number of benzene rings is 1. The Morgan fingerprint density at radius 2 is 2.05 bits per heavy atom. The van der Waals surface area contributed by atoms with Crippen LogP contribution in [0.5, 0.6) is 0 Å². The summed E-state index contributed by atoms with van der Waals surface area (Å²) in [5.41, 5.74) is 0.723. The van der Waals surface area contributed by atoms with Gasteiger partial charge in [-0.2, -0.15) is 0 Å². The lowest BCUT2D eigenvalue weighted by Crippen LogP contribution is -2.26. The van der Waals surface area contributed by atoms with Crippen molar-refractivity contribution >= 4 is 40.4 Å². The highest BCUT2D eigenvalue weighted by Crippen LogP contribution is 2.24. The SMILES string of the molecule is O=C(NCCO)c1ccc(Cl)c(NC(=O)c2cccs2)c1. The highest BCUT2D eigenvalue weighted by molar-refractivity contribution is 7.12. The van der Waals surface area contributed by atoms with E-state index in [0.717, 1.165) is 0 Å².